The summed E-state index contributed by atoms with van der Waals surface area (Å²) in [6.07, 6.45) is 4.23. The van der Waals surface area contributed by atoms with Crippen LogP contribution in [-0.2, 0) is 25.7 Å². The zero-order valence-corrected chi connectivity index (χ0v) is 27.4. The van der Waals surface area contributed by atoms with Crippen LogP contribution in [0.4, 0.5) is 5.69 Å². The number of hydrogen-bond donors (Lipinski definition) is 1. The second kappa shape index (κ2) is 13.5. The molecule has 240 valence electrons. The molecule has 0 saturated carbocycles. The molecule has 8 nitrogen and oxygen atoms in total. The number of halogens is 1. The number of carbonyl (C=O) groups is 3. The van der Waals surface area contributed by atoms with Crippen LogP contribution < -0.4 is 4.90 Å². The topological polar surface area (TPSA) is 90.4 Å². The summed E-state index contributed by atoms with van der Waals surface area (Å²) in [7, 11) is 0. The molecule has 0 aromatic heterocycles. The maximum Gasteiger partial charge on any atom is 0.253 e. The van der Waals surface area contributed by atoms with E-state index >= 15 is 0 Å². The number of aliphatic hydroxyl groups excluding tert-OH is 1. The Morgan fingerprint density at radius 2 is 1.70 bits per heavy atom. The minimum atomic E-state index is -1.19. The standard InChI is InChI=1S/C37H40BrN3O5/c1-3-18-39(24-25-12-6-5-7-13-25)34(43)30-31-35(44)41(20-10-11-21-42)33(37(31)23-29(38)32(30)46-37)36(45)40(19-4-2)28-17-16-26-14-8-9-15-27(26)22-28/h3-9,12-17,22,29-33,42H,1-2,10-11,18-21,23-24H2/t29?,30-,31+,32-,33?,37?/m1/s1. The van der Waals surface area contributed by atoms with Crippen molar-refractivity contribution in [2.45, 2.75) is 48.4 Å². The Bertz CT molecular complexity index is 1630. The van der Waals surface area contributed by atoms with Crippen molar-refractivity contribution in [2.75, 3.05) is 31.1 Å². The highest BCUT2D eigenvalue weighted by molar-refractivity contribution is 9.09. The van der Waals surface area contributed by atoms with Crippen molar-refractivity contribution in [1.82, 2.24) is 9.80 Å². The Morgan fingerprint density at radius 3 is 2.41 bits per heavy atom. The Morgan fingerprint density at radius 1 is 0.978 bits per heavy atom. The van der Waals surface area contributed by atoms with Crippen molar-refractivity contribution in [3.63, 3.8) is 0 Å². The number of hydrogen-bond acceptors (Lipinski definition) is 5. The van der Waals surface area contributed by atoms with Gasteiger partial charge in [0.2, 0.25) is 11.8 Å². The maximum atomic E-state index is 14.9. The van der Waals surface area contributed by atoms with Gasteiger partial charge in [-0.2, -0.15) is 0 Å². The SMILES string of the molecule is C=CCN(Cc1ccccc1)C(=O)[C@H]1[C@@H]2OC3(CC2Br)C(C(=O)N(CC=C)c2ccc4ccccc4c2)N(CCCCO)C(=O)[C@H]13. The molecular formula is C37H40BrN3O5. The molecule has 9 heteroatoms. The highest BCUT2D eigenvalue weighted by Crippen LogP contribution is 2.60. The number of anilines is 1. The first kappa shape index (κ1) is 32.2. The van der Waals surface area contributed by atoms with Crippen LogP contribution in [0.1, 0.15) is 24.8 Å². The lowest BCUT2D eigenvalue weighted by Gasteiger charge is -2.37. The lowest BCUT2D eigenvalue weighted by Crippen LogP contribution is -2.57. The summed E-state index contributed by atoms with van der Waals surface area (Å²) in [4.78, 5) is 48.6. The first-order valence-corrected chi connectivity index (χ1v) is 16.8. The third kappa shape index (κ3) is 5.58. The number of aliphatic hydroxyl groups is 1. The second-order valence-electron chi connectivity index (χ2n) is 12.4. The summed E-state index contributed by atoms with van der Waals surface area (Å²) in [5.41, 5.74) is 0.482. The number of fused-ring (bicyclic) bond motifs is 2. The van der Waals surface area contributed by atoms with Gasteiger partial charge in [-0.15, -0.1) is 13.2 Å². The van der Waals surface area contributed by atoms with Gasteiger partial charge in [-0.25, -0.2) is 0 Å². The maximum absolute atomic E-state index is 14.9. The summed E-state index contributed by atoms with van der Waals surface area (Å²) in [6, 6.07) is 22.6. The number of alkyl halides is 1. The number of likely N-dealkylation sites (tertiary alicyclic amines) is 1. The van der Waals surface area contributed by atoms with Gasteiger partial charge < -0.3 is 24.5 Å². The van der Waals surface area contributed by atoms with Crippen LogP contribution in [0.5, 0.6) is 0 Å². The van der Waals surface area contributed by atoms with Gasteiger partial charge >= 0.3 is 0 Å². The monoisotopic (exact) mass is 685 g/mol. The fourth-order valence-corrected chi connectivity index (χ4v) is 8.62. The quantitative estimate of drug-likeness (QED) is 0.154. The Labute approximate surface area is 278 Å². The molecule has 3 amide bonds. The van der Waals surface area contributed by atoms with Gasteiger partial charge in [0.1, 0.15) is 11.6 Å². The minimum absolute atomic E-state index is 0.0198. The summed E-state index contributed by atoms with van der Waals surface area (Å²) in [5, 5.41) is 11.6. The number of nitrogens with zero attached hydrogens (tertiary/aromatic N) is 3. The van der Waals surface area contributed by atoms with Gasteiger partial charge in [-0.1, -0.05) is 88.7 Å². The zero-order valence-electron chi connectivity index (χ0n) is 25.8. The van der Waals surface area contributed by atoms with Gasteiger partial charge in [-0.05, 0) is 47.7 Å². The first-order chi connectivity index (χ1) is 22.3. The summed E-state index contributed by atoms with van der Waals surface area (Å²) in [6.45, 7) is 8.98. The third-order valence-electron chi connectivity index (χ3n) is 9.62. The fourth-order valence-electron chi connectivity index (χ4n) is 7.67. The van der Waals surface area contributed by atoms with Crippen LogP contribution in [0.25, 0.3) is 10.8 Å². The molecule has 6 rings (SSSR count). The number of ether oxygens (including phenoxy) is 1. The Kier molecular flexibility index (Phi) is 9.45. The molecule has 1 spiro atoms. The average molecular weight is 687 g/mol. The third-order valence-corrected chi connectivity index (χ3v) is 10.5. The van der Waals surface area contributed by atoms with E-state index in [0.29, 0.717) is 38.0 Å². The van der Waals surface area contributed by atoms with Crippen molar-refractivity contribution in [2.24, 2.45) is 11.8 Å². The highest BCUT2D eigenvalue weighted by atomic mass is 79.9. The molecule has 3 saturated heterocycles. The van der Waals surface area contributed by atoms with E-state index in [1.165, 1.54) is 0 Å². The van der Waals surface area contributed by atoms with E-state index < -0.39 is 29.6 Å². The molecule has 3 fully saturated rings. The lowest BCUT2D eigenvalue weighted by molar-refractivity contribution is -0.145. The van der Waals surface area contributed by atoms with Crippen LogP contribution in [0.15, 0.2) is 98.1 Å². The van der Waals surface area contributed by atoms with Crippen molar-refractivity contribution < 1.29 is 24.2 Å². The first-order valence-electron chi connectivity index (χ1n) is 15.9. The Balaban J connectivity index is 1.39. The zero-order chi connectivity index (χ0) is 32.4. The van der Waals surface area contributed by atoms with E-state index in [2.05, 4.69) is 29.1 Å². The van der Waals surface area contributed by atoms with Crippen LogP contribution in [-0.4, -0.2) is 81.4 Å². The predicted molar refractivity (Wildman–Crippen MR) is 182 cm³/mol. The summed E-state index contributed by atoms with van der Waals surface area (Å²) in [5.74, 6) is -2.27. The molecule has 6 atom stereocenters. The lowest BCUT2D eigenvalue weighted by atomic mass is 9.70. The molecule has 3 unspecified atom stereocenters. The average Bonchev–Trinajstić information content (AvgIpc) is 3.66. The molecule has 2 bridgehead atoms. The Hall–Kier alpha value is -3.79. The second-order valence-corrected chi connectivity index (χ2v) is 13.6. The van der Waals surface area contributed by atoms with Crippen LogP contribution in [0, 0.1) is 11.8 Å². The van der Waals surface area contributed by atoms with E-state index in [9.17, 15) is 19.5 Å². The van der Waals surface area contributed by atoms with Gasteiger partial charge in [0.05, 0.1) is 17.9 Å². The normalized spacial score (nSPS) is 26.3. The summed E-state index contributed by atoms with van der Waals surface area (Å²) >= 11 is 3.79. The largest absolute Gasteiger partial charge is 0.396 e. The van der Waals surface area contributed by atoms with Crippen LogP contribution in [0.2, 0.25) is 0 Å². The number of benzene rings is 3. The molecule has 3 aliphatic rings. The molecule has 46 heavy (non-hydrogen) atoms. The molecule has 3 aliphatic heterocycles. The fraction of sp³-hybridized carbons (Fsp3) is 0.378. The molecular weight excluding hydrogens is 646 g/mol. The number of unbranched alkanes of at least 4 members (excludes halogenated alkanes) is 1. The van der Waals surface area contributed by atoms with Gasteiger partial charge in [0, 0.05) is 43.3 Å². The van der Waals surface area contributed by atoms with E-state index in [1.807, 2.05) is 72.8 Å². The number of carbonyl (C=O) groups excluding carboxylic acids is 3. The van der Waals surface area contributed by atoms with E-state index in [-0.39, 0.29) is 42.2 Å². The van der Waals surface area contributed by atoms with E-state index in [4.69, 9.17) is 4.74 Å². The molecule has 3 aromatic carbocycles. The van der Waals surface area contributed by atoms with Gasteiger partial charge in [-0.3, -0.25) is 14.4 Å². The van der Waals surface area contributed by atoms with E-state index in [0.717, 1.165) is 16.3 Å². The van der Waals surface area contributed by atoms with E-state index in [1.54, 1.807) is 26.9 Å². The smallest absolute Gasteiger partial charge is 0.253 e. The number of rotatable bonds is 13. The van der Waals surface area contributed by atoms with Crippen LogP contribution >= 0.6 is 15.9 Å². The van der Waals surface area contributed by atoms with Gasteiger partial charge in [0.25, 0.3) is 5.91 Å². The molecule has 0 radical (unpaired) electrons. The molecule has 3 aromatic rings. The van der Waals surface area contributed by atoms with Crippen molar-refractivity contribution in [3.8, 4) is 0 Å². The number of amides is 3. The van der Waals surface area contributed by atoms with Crippen molar-refractivity contribution in [3.05, 3.63) is 104 Å². The molecule has 0 aliphatic carbocycles. The highest BCUT2D eigenvalue weighted by Gasteiger charge is 2.76. The molecule has 1 N–H and O–H groups in total. The van der Waals surface area contributed by atoms with Crippen LogP contribution in [0.3, 0.4) is 0 Å². The predicted octanol–water partition coefficient (Wildman–Crippen LogP) is 5.09. The van der Waals surface area contributed by atoms with Crippen molar-refractivity contribution >= 4 is 50.1 Å². The van der Waals surface area contributed by atoms with Gasteiger partial charge in [0.15, 0.2) is 0 Å². The minimum Gasteiger partial charge on any atom is -0.396 e. The molecule has 3 heterocycles. The van der Waals surface area contributed by atoms with Crippen molar-refractivity contribution in [1.29, 1.82) is 0 Å². The summed E-state index contributed by atoms with van der Waals surface area (Å²) < 4.78 is 6.78.